The van der Waals surface area contributed by atoms with E-state index in [1.54, 1.807) is 57.4 Å². The number of ketones is 1. The molecule has 0 saturated heterocycles. The molecule has 0 aliphatic carbocycles. The number of carbonyl (C=O) groups is 2. The van der Waals surface area contributed by atoms with E-state index in [2.05, 4.69) is 4.98 Å². The van der Waals surface area contributed by atoms with Gasteiger partial charge in [0, 0.05) is 16.5 Å². The number of methoxy groups -OCH3 is 2. The van der Waals surface area contributed by atoms with Crippen molar-refractivity contribution in [2.75, 3.05) is 26.6 Å². The molecule has 0 saturated carbocycles. The summed E-state index contributed by atoms with van der Waals surface area (Å²) in [5.74, 6) is 0.325. The minimum Gasteiger partial charge on any atom is -0.493 e. The van der Waals surface area contributed by atoms with Crippen molar-refractivity contribution < 1.29 is 23.8 Å². The fraction of sp³-hybridized carbons (Fsp3) is 0.192. The zero-order valence-corrected chi connectivity index (χ0v) is 20.1. The quantitative estimate of drug-likeness (QED) is 0.286. The number of carbonyl (C=O) groups excluding carboxylic acids is 2. The number of aryl methyl sites for hydroxylation is 1. The van der Waals surface area contributed by atoms with Crippen LogP contribution in [0.4, 0.5) is 5.69 Å². The van der Waals surface area contributed by atoms with Gasteiger partial charge in [-0.25, -0.2) is 9.78 Å². The number of nitrogen functional groups attached to an aromatic ring is 1. The monoisotopic (exact) mass is 476 g/mol. The Labute approximate surface area is 201 Å². The van der Waals surface area contributed by atoms with Gasteiger partial charge in [0.1, 0.15) is 9.71 Å². The van der Waals surface area contributed by atoms with Gasteiger partial charge in [-0.1, -0.05) is 36.4 Å². The van der Waals surface area contributed by atoms with Crippen LogP contribution < -0.4 is 15.2 Å². The molecule has 0 bridgehead atoms. The highest BCUT2D eigenvalue weighted by Gasteiger charge is 2.28. The number of rotatable bonds is 7. The van der Waals surface area contributed by atoms with Crippen molar-refractivity contribution in [3.63, 3.8) is 0 Å². The van der Waals surface area contributed by atoms with Crippen LogP contribution in [0.2, 0.25) is 0 Å². The molecule has 0 unspecified atom stereocenters. The predicted molar refractivity (Wildman–Crippen MR) is 133 cm³/mol. The summed E-state index contributed by atoms with van der Waals surface area (Å²) >= 11 is 1.21. The van der Waals surface area contributed by atoms with Crippen LogP contribution in [0.25, 0.3) is 21.3 Å². The Morgan fingerprint density at radius 2 is 1.74 bits per heavy atom. The number of pyridine rings is 1. The average Bonchev–Trinajstić information content (AvgIpc) is 3.18. The van der Waals surface area contributed by atoms with Crippen LogP contribution in [-0.2, 0) is 4.74 Å². The molecule has 0 atom stereocenters. The predicted octanol–water partition coefficient (Wildman–Crippen LogP) is 5.28. The summed E-state index contributed by atoms with van der Waals surface area (Å²) in [5, 5.41) is 0.533. The molecule has 8 heteroatoms. The van der Waals surface area contributed by atoms with Gasteiger partial charge in [-0.15, -0.1) is 11.3 Å². The number of anilines is 1. The second kappa shape index (κ2) is 9.52. The van der Waals surface area contributed by atoms with Crippen LogP contribution in [-0.4, -0.2) is 37.6 Å². The van der Waals surface area contributed by atoms with E-state index >= 15 is 0 Å². The van der Waals surface area contributed by atoms with Gasteiger partial charge in [0.25, 0.3) is 0 Å². The molecule has 2 aromatic heterocycles. The van der Waals surface area contributed by atoms with Gasteiger partial charge < -0.3 is 19.9 Å². The van der Waals surface area contributed by atoms with Gasteiger partial charge in [-0.05, 0) is 31.5 Å². The zero-order valence-electron chi connectivity index (χ0n) is 19.3. The second-order valence-electron chi connectivity index (χ2n) is 7.46. The van der Waals surface area contributed by atoms with Crippen LogP contribution in [0.1, 0.15) is 38.2 Å². The minimum absolute atomic E-state index is 0.199. The third-order valence-electron chi connectivity index (χ3n) is 5.45. The molecule has 7 nitrogen and oxygen atoms in total. The molecule has 34 heavy (non-hydrogen) atoms. The summed E-state index contributed by atoms with van der Waals surface area (Å²) < 4.78 is 16.2. The van der Waals surface area contributed by atoms with Crippen molar-refractivity contribution in [1.82, 2.24) is 4.98 Å². The smallest absolute Gasteiger partial charge is 0.340 e. The maximum absolute atomic E-state index is 13.2. The van der Waals surface area contributed by atoms with Crippen molar-refractivity contribution >= 4 is 39.0 Å². The highest BCUT2D eigenvalue weighted by Crippen LogP contribution is 2.44. The Kier molecular flexibility index (Phi) is 6.51. The second-order valence-corrected chi connectivity index (χ2v) is 8.46. The molecular formula is C26H24N2O5S. The van der Waals surface area contributed by atoms with E-state index in [1.165, 1.54) is 18.4 Å². The van der Waals surface area contributed by atoms with Gasteiger partial charge in [-0.2, -0.15) is 0 Å². The number of ether oxygens (including phenoxy) is 3. The highest BCUT2D eigenvalue weighted by atomic mass is 32.1. The summed E-state index contributed by atoms with van der Waals surface area (Å²) in [4.78, 5) is 31.8. The first-order chi connectivity index (χ1) is 16.4. The average molecular weight is 477 g/mol. The topological polar surface area (TPSA) is 101 Å². The SMILES string of the molecule is CCOC(=O)c1c(C)nc2sc(C(=O)c3ccccc3)c(N)c2c1-c1ccc(OC)c(OC)c1. The van der Waals surface area contributed by atoms with Crippen molar-refractivity contribution in [3.05, 3.63) is 70.2 Å². The number of benzene rings is 2. The van der Waals surface area contributed by atoms with Crippen molar-refractivity contribution in [1.29, 1.82) is 0 Å². The number of nitrogens with two attached hydrogens (primary N) is 1. The fourth-order valence-corrected chi connectivity index (χ4v) is 5.00. The van der Waals surface area contributed by atoms with E-state index in [0.717, 1.165) is 0 Å². The Morgan fingerprint density at radius 3 is 2.38 bits per heavy atom. The Morgan fingerprint density at radius 1 is 1.03 bits per heavy atom. The van der Waals surface area contributed by atoms with E-state index in [-0.39, 0.29) is 18.1 Å². The minimum atomic E-state index is -0.513. The lowest BCUT2D eigenvalue weighted by Gasteiger charge is -2.15. The molecule has 0 fully saturated rings. The van der Waals surface area contributed by atoms with Crippen LogP contribution in [0.15, 0.2) is 48.5 Å². The Bertz CT molecular complexity index is 1400. The molecule has 0 spiro atoms. The Hall–Kier alpha value is -3.91. The lowest BCUT2D eigenvalue weighted by molar-refractivity contribution is 0.0526. The molecular weight excluding hydrogens is 452 g/mol. The fourth-order valence-electron chi connectivity index (χ4n) is 3.89. The van der Waals surface area contributed by atoms with Crippen LogP contribution >= 0.6 is 11.3 Å². The molecule has 4 rings (SSSR count). The Balaban J connectivity index is 2.05. The van der Waals surface area contributed by atoms with Crippen LogP contribution in [0.3, 0.4) is 0 Å². The number of hydrogen-bond donors (Lipinski definition) is 1. The first-order valence-electron chi connectivity index (χ1n) is 10.6. The van der Waals surface area contributed by atoms with Gasteiger partial charge >= 0.3 is 5.97 Å². The third-order valence-corrected chi connectivity index (χ3v) is 6.55. The molecule has 2 aromatic carbocycles. The van der Waals surface area contributed by atoms with E-state index in [4.69, 9.17) is 19.9 Å². The lowest BCUT2D eigenvalue weighted by Crippen LogP contribution is -2.11. The number of esters is 1. The summed E-state index contributed by atoms with van der Waals surface area (Å²) in [7, 11) is 3.09. The third kappa shape index (κ3) is 3.97. The van der Waals surface area contributed by atoms with Gasteiger partial charge in [0.2, 0.25) is 5.78 Å². The number of thiophene rings is 1. The molecule has 174 valence electrons. The van der Waals surface area contributed by atoms with Gasteiger partial charge in [0.05, 0.1) is 37.8 Å². The van der Waals surface area contributed by atoms with Crippen LogP contribution in [0.5, 0.6) is 11.5 Å². The first-order valence-corrected chi connectivity index (χ1v) is 11.4. The number of aromatic nitrogens is 1. The summed E-state index contributed by atoms with van der Waals surface area (Å²) in [6.07, 6.45) is 0. The molecule has 0 amide bonds. The van der Waals surface area contributed by atoms with Crippen LogP contribution in [0, 0.1) is 6.92 Å². The van der Waals surface area contributed by atoms with E-state index in [0.29, 0.717) is 54.5 Å². The zero-order chi connectivity index (χ0) is 24.4. The number of nitrogens with zero attached hydrogens (tertiary/aromatic N) is 1. The maximum Gasteiger partial charge on any atom is 0.340 e. The standard InChI is InChI=1S/C26H24N2O5S/c1-5-33-26(30)19-14(2)28-25-21(20(19)16-11-12-17(31-3)18(13-16)32-4)22(27)24(34-25)23(29)15-9-7-6-8-10-15/h6-13H,5,27H2,1-4H3. The molecule has 2 N–H and O–H groups in total. The van der Waals surface area contributed by atoms with E-state index in [9.17, 15) is 9.59 Å². The van der Waals surface area contributed by atoms with E-state index < -0.39 is 5.97 Å². The number of hydrogen-bond acceptors (Lipinski definition) is 8. The van der Waals surface area contributed by atoms with Crippen molar-refractivity contribution in [3.8, 4) is 22.6 Å². The molecule has 4 aromatic rings. The van der Waals surface area contributed by atoms with Gasteiger partial charge in [0.15, 0.2) is 11.5 Å². The molecule has 0 aliphatic rings. The van der Waals surface area contributed by atoms with Crippen molar-refractivity contribution in [2.24, 2.45) is 0 Å². The summed E-state index contributed by atoms with van der Waals surface area (Å²) in [6, 6.07) is 14.3. The number of fused-ring (bicyclic) bond motifs is 1. The summed E-state index contributed by atoms with van der Waals surface area (Å²) in [5.41, 5.74) is 9.36. The van der Waals surface area contributed by atoms with E-state index in [1.807, 2.05) is 12.1 Å². The molecule has 2 heterocycles. The summed E-state index contributed by atoms with van der Waals surface area (Å²) in [6.45, 7) is 3.69. The highest BCUT2D eigenvalue weighted by molar-refractivity contribution is 7.21. The lowest BCUT2D eigenvalue weighted by atomic mass is 9.94. The molecule has 0 radical (unpaired) electrons. The van der Waals surface area contributed by atoms with Gasteiger partial charge in [-0.3, -0.25) is 4.79 Å². The normalized spacial score (nSPS) is 10.8. The van der Waals surface area contributed by atoms with Crippen molar-refractivity contribution in [2.45, 2.75) is 13.8 Å². The first kappa shape index (κ1) is 23.3. The largest absolute Gasteiger partial charge is 0.493 e. The maximum atomic E-state index is 13.2. The molecule has 0 aliphatic heterocycles.